The Bertz CT molecular complexity index is 3300. The van der Waals surface area contributed by atoms with Gasteiger partial charge in [-0.15, -0.1) is 0 Å². The Kier molecular flexibility index (Phi) is 20.8. The van der Waals surface area contributed by atoms with Gasteiger partial charge in [0.05, 0.1) is 38.6 Å². The van der Waals surface area contributed by atoms with Crippen LogP contribution in [-0.2, 0) is 38.2 Å². The molecule has 6 nitrogen and oxygen atoms in total. The summed E-state index contributed by atoms with van der Waals surface area (Å²) >= 11 is 0. The van der Waals surface area contributed by atoms with Gasteiger partial charge in [0.2, 0.25) is 17.2 Å². The minimum atomic E-state index is -4.78. The van der Waals surface area contributed by atoms with Crippen LogP contribution >= 0.6 is 0 Å². The standard InChI is InChI=1S/C70H63F7O6/c71-58-45-56(46-59(72)63(58)70(76,77)83-57-47-60(73)64(75)61(74)48-57)54-36-38-55(39-37-54)62-65(78-40-16-31-49-21-6-1-7-22-49)67(80-42-18-33-51-25-10-3-11-26-51)69(82-44-20-35-53-29-14-5-15-30-53)68(81-43-19-34-52-27-12-4-13-28-52)66(62)79-41-17-32-50-23-8-2-9-24-50/h1-15,21-30,36-39,45-48H,16-20,31-35,40-44H2. The number of alkyl halides is 2. The van der Waals surface area contributed by atoms with Crippen LogP contribution in [0.15, 0.2) is 200 Å². The van der Waals surface area contributed by atoms with Crippen molar-refractivity contribution in [1.82, 2.24) is 0 Å². The molecule has 0 saturated carbocycles. The number of hydrogen-bond acceptors (Lipinski definition) is 6. The van der Waals surface area contributed by atoms with Crippen LogP contribution in [0.1, 0.15) is 65.5 Å². The maximum absolute atomic E-state index is 15.9. The van der Waals surface area contributed by atoms with Gasteiger partial charge >= 0.3 is 6.11 Å². The van der Waals surface area contributed by atoms with Gasteiger partial charge in [0.25, 0.3) is 0 Å². The highest BCUT2D eigenvalue weighted by Crippen LogP contribution is 2.58. The van der Waals surface area contributed by atoms with Gasteiger partial charge in [0, 0.05) is 12.1 Å². The Morgan fingerprint density at radius 1 is 0.301 bits per heavy atom. The molecule has 0 atom stereocenters. The van der Waals surface area contributed by atoms with Crippen molar-refractivity contribution >= 4 is 0 Å². The SMILES string of the molecule is Fc1cc(OC(F)(F)c2c(F)cc(-c3ccc(-c4c(OCCCc5ccccc5)c(OCCCc5ccccc5)c(OCCCc5ccccc5)c(OCCCc5ccccc5)c4OCCCc4ccccc4)cc3)cc2F)cc(F)c1F. The number of benzene rings is 9. The lowest BCUT2D eigenvalue weighted by molar-refractivity contribution is -0.189. The van der Waals surface area contributed by atoms with Crippen molar-refractivity contribution in [2.45, 2.75) is 70.3 Å². The average molecular weight is 1130 g/mol. The van der Waals surface area contributed by atoms with Crippen LogP contribution in [0.5, 0.6) is 34.5 Å². The number of rotatable bonds is 30. The van der Waals surface area contributed by atoms with Gasteiger partial charge in [-0.25, -0.2) is 22.0 Å². The largest absolute Gasteiger partial charge is 0.489 e. The summed E-state index contributed by atoms with van der Waals surface area (Å²) in [7, 11) is 0. The Hall–Kier alpha value is -8.71. The number of hydrogen-bond donors (Lipinski definition) is 0. The summed E-state index contributed by atoms with van der Waals surface area (Å²) in [6, 6.07) is 58.8. The molecule has 9 rings (SSSR count). The lowest BCUT2D eigenvalue weighted by atomic mass is 9.96. The van der Waals surface area contributed by atoms with Crippen LogP contribution in [-0.4, -0.2) is 33.0 Å². The lowest BCUT2D eigenvalue weighted by Gasteiger charge is -2.26. The highest BCUT2D eigenvalue weighted by Gasteiger charge is 2.42. The summed E-state index contributed by atoms with van der Waals surface area (Å²) in [6.45, 7) is 1.27. The van der Waals surface area contributed by atoms with Gasteiger partial charge in [-0.05, 0) is 121 Å². The molecule has 0 radical (unpaired) electrons. The predicted molar refractivity (Wildman–Crippen MR) is 309 cm³/mol. The van der Waals surface area contributed by atoms with Crippen molar-refractivity contribution < 1.29 is 59.2 Å². The van der Waals surface area contributed by atoms with Crippen LogP contribution < -0.4 is 28.4 Å². The molecule has 0 bridgehead atoms. The second-order valence-corrected chi connectivity index (χ2v) is 19.9. The maximum Gasteiger partial charge on any atom is 0.432 e. The van der Waals surface area contributed by atoms with E-state index in [-0.39, 0.29) is 56.3 Å². The number of halogens is 7. The first-order valence-corrected chi connectivity index (χ1v) is 27.9. The first-order valence-electron chi connectivity index (χ1n) is 27.9. The van der Waals surface area contributed by atoms with Crippen molar-refractivity contribution in [2.24, 2.45) is 0 Å². The molecular formula is C70H63F7O6. The zero-order valence-corrected chi connectivity index (χ0v) is 45.8. The fraction of sp³-hybridized carbons (Fsp3) is 0.229. The molecule has 83 heavy (non-hydrogen) atoms. The highest BCUT2D eigenvalue weighted by atomic mass is 19.3. The van der Waals surface area contributed by atoms with Crippen molar-refractivity contribution in [3.05, 3.63) is 263 Å². The zero-order valence-electron chi connectivity index (χ0n) is 45.8. The van der Waals surface area contributed by atoms with Crippen LogP contribution in [0.4, 0.5) is 30.7 Å². The van der Waals surface area contributed by atoms with E-state index in [1.165, 1.54) is 0 Å². The van der Waals surface area contributed by atoms with Crippen molar-refractivity contribution in [3.63, 3.8) is 0 Å². The van der Waals surface area contributed by atoms with Crippen molar-refractivity contribution in [2.75, 3.05) is 33.0 Å². The summed E-state index contributed by atoms with van der Waals surface area (Å²) in [5.41, 5.74) is 4.97. The molecule has 0 fully saturated rings. The molecule has 0 N–H and O–H groups in total. The van der Waals surface area contributed by atoms with E-state index >= 15 is 17.6 Å². The van der Waals surface area contributed by atoms with Crippen LogP contribution in [0, 0.1) is 29.1 Å². The van der Waals surface area contributed by atoms with E-state index in [9.17, 15) is 13.2 Å². The molecule has 9 aromatic carbocycles. The Labute approximate surface area is 480 Å². The fourth-order valence-corrected chi connectivity index (χ4v) is 9.68. The quantitative estimate of drug-likeness (QED) is 0.0254. The van der Waals surface area contributed by atoms with Crippen LogP contribution in [0.2, 0.25) is 0 Å². The average Bonchev–Trinajstić information content (AvgIpc) is 2.78. The van der Waals surface area contributed by atoms with E-state index in [1.807, 2.05) is 91.0 Å². The molecule has 0 heterocycles. The molecule has 0 spiro atoms. The van der Waals surface area contributed by atoms with Gasteiger partial charge in [-0.3, -0.25) is 0 Å². The Balaban J connectivity index is 1.15. The summed E-state index contributed by atoms with van der Waals surface area (Å²) in [5, 5.41) is 0. The first kappa shape index (κ1) is 58.9. The van der Waals surface area contributed by atoms with Gasteiger partial charge < -0.3 is 28.4 Å². The monoisotopic (exact) mass is 1130 g/mol. The minimum Gasteiger partial charge on any atom is -0.489 e. The van der Waals surface area contributed by atoms with Crippen molar-refractivity contribution in [3.8, 4) is 56.8 Å². The first-order chi connectivity index (χ1) is 40.5. The molecule has 0 aliphatic rings. The van der Waals surface area contributed by atoms with E-state index in [4.69, 9.17) is 23.7 Å². The molecule has 0 unspecified atom stereocenters. The summed E-state index contributed by atoms with van der Waals surface area (Å²) < 4.78 is 143. The number of aryl methyl sites for hydroxylation is 5. The normalized spacial score (nSPS) is 11.3. The summed E-state index contributed by atoms with van der Waals surface area (Å²) in [4.78, 5) is 0. The predicted octanol–water partition coefficient (Wildman–Crippen LogP) is 17.9. The van der Waals surface area contributed by atoms with Gasteiger partial charge in [0.15, 0.2) is 29.0 Å². The van der Waals surface area contributed by atoms with Crippen LogP contribution in [0.3, 0.4) is 0 Å². The van der Waals surface area contributed by atoms with E-state index in [0.29, 0.717) is 97.0 Å². The topological polar surface area (TPSA) is 55.4 Å². The molecule has 0 aliphatic carbocycles. The van der Waals surface area contributed by atoms with Crippen LogP contribution in [0.25, 0.3) is 22.3 Å². The molecule has 0 aromatic heterocycles. The molecule has 9 aromatic rings. The van der Waals surface area contributed by atoms with Gasteiger partial charge in [-0.1, -0.05) is 176 Å². The molecule has 0 aliphatic heterocycles. The van der Waals surface area contributed by atoms with E-state index < -0.39 is 46.5 Å². The second-order valence-electron chi connectivity index (χ2n) is 19.9. The van der Waals surface area contributed by atoms with E-state index in [0.717, 1.165) is 47.1 Å². The summed E-state index contributed by atoms with van der Waals surface area (Å²) in [6.07, 6.45) is 1.97. The third kappa shape index (κ3) is 16.3. The van der Waals surface area contributed by atoms with E-state index in [1.54, 1.807) is 24.3 Å². The van der Waals surface area contributed by atoms with E-state index in [2.05, 4.69) is 65.4 Å². The number of ether oxygens (including phenoxy) is 6. The van der Waals surface area contributed by atoms with Gasteiger partial charge in [0.1, 0.15) is 22.9 Å². The Morgan fingerprint density at radius 3 is 0.916 bits per heavy atom. The minimum absolute atomic E-state index is 0.121. The molecule has 13 heteroatoms. The zero-order chi connectivity index (χ0) is 57.8. The molecule has 0 saturated heterocycles. The molecule has 428 valence electrons. The highest BCUT2D eigenvalue weighted by molar-refractivity contribution is 5.87. The molecular weight excluding hydrogens is 1070 g/mol. The lowest BCUT2D eigenvalue weighted by Crippen LogP contribution is -2.25. The third-order valence-electron chi connectivity index (χ3n) is 13.8. The fourth-order valence-electron chi connectivity index (χ4n) is 9.68. The second kappa shape index (κ2) is 29.3. The Morgan fingerprint density at radius 2 is 0.590 bits per heavy atom. The third-order valence-corrected chi connectivity index (χ3v) is 13.8. The maximum atomic E-state index is 15.9. The van der Waals surface area contributed by atoms with Gasteiger partial charge in [-0.2, -0.15) is 8.78 Å². The molecule has 0 amide bonds. The summed E-state index contributed by atoms with van der Waals surface area (Å²) in [5.74, 6) is -8.63. The smallest absolute Gasteiger partial charge is 0.432 e. The van der Waals surface area contributed by atoms with Crippen molar-refractivity contribution in [1.29, 1.82) is 0 Å².